The number of pyridine rings is 2. The summed E-state index contributed by atoms with van der Waals surface area (Å²) in [6.07, 6.45) is 3.26. The molecule has 0 bridgehead atoms. The smallest absolute Gasteiger partial charge is 0.139 e. The topological polar surface area (TPSA) is 59.3 Å². The Balaban J connectivity index is 1.60. The molecule has 0 aliphatic carbocycles. The molecule has 0 spiro atoms. The van der Waals surface area contributed by atoms with Gasteiger partial charge >= 0.3 is 0 Å². The van der Waals surface area contributed by atoms with Gasteiger partial charge in [0.15, 0.2) is 0 Å². The Labute approximate surface area is 192 Å². The van der Waals surface area contributed by atoms with E-state index in [1.807, 2.05) is 50.4 Å². The average Bonchev–Trinajstić information content (AvgIpc) is 3.19. The van der Waals surface area contributed by atoms with Gasteiger partial charge in [-0.1, -0.05) is 12.1 Å². The molecule has 0 amide bonds. The quantitative estimate of drug-likeness (QED) is 0.489. The minimum absolute atomic E-state index is 0.166. The molecule has 1 saturated heterocycles. The maximum absolute atomic E-state index is 7.46. The Bertz CT molecular complexity index is 1360. The normalized spacial score (nSPS) is 16.6. The number of fused-ring (bicyclic) bond motifs is 1. The number of benzene rings is 1. The van der Waals surface area contributed by atoms with Crippen LogP contribution in [0.1, 0.15) is 15.2 Å². The molecule has 5 rings (SSSR count). The summed E-state index contributed by atoms with van der Waals surface area (Å²) >= 11 is 0. The molecular formula is C25H28N6O. The van der Waals surface area contributed by atoms with Gasteiger partial charge < -0.3 is 14.5 Å². The van der Waals surface area contributed by atoms with Crippen molar-refractivity contribution >= 4 is 16.9 Å². The second kappa shape index (κ2) is 8.24. The number of methoxy groups -OCH3 is 1. The number of anilines is 1. The summed E-state index contributed by atoms with van der Waals surface area (Å²) in [6, 6.07) is 11.7. The number of ether oxygens (including phenoxy) is 1. The molecule has 0 unspecified atom stereocenters. The van der Waals surface area contributed by atoms with Crippen LogP contribution in [0.15, 0.2) is 48.8 Å². The number of rotatable bonds is 4. The summed E-state index contributed by atoms with van der Waals surface area (Å²) < 4.78 is 29.3. The van der Waals surface area contributed by atoms with Crippen LogP contribution in [0.2, 0.25) is 0 Å². The van der Waals surface area contributed by atoms with Crippen molar-refractivity contribution in [2.75, 3.05) is 45.2 Å². The van der Waals surface area contributed by atoms with E-state index in [2.05, 4.69) is 21.8 Å². The number of hydrogen-bond donors (Lipinski definition) is 0. The van der Waals surface area contributed by atoms with Crippen LogP contribution in [-0.4, -0.2) is 64.9 Å². The van der Waals surface area contributed by atoms with Crippen molar-refractivity contribution in [1.82, 2.24) is 24.6 Å². The molecule has 4 aromatic rings. The van der Waals surface area contributed by atoms with Gasteiger partial charge in [0.1, 0.15) is 22.8 Å². The highest BCUT2D eigenvalue weighted by molar-refractivity contribution is 5.91. The Morgan fingerprint density at radius 1 is 1.00 bits per heavy atom. The van der Waals surface area contributed by atoms with Crippen molar-refractivity contribution in [3.05, 3.63) is 59.9 Å². The van der Waals surface area contributed by atoms with Crippen molar-refractivity contribution in [3.8, 4) is 22.7 Å². The molecule has 32 heavy (non-hydrogen) atoms. The first-order chi connectivity index (χ1) is 16.7. The zero-order chi connectivity index (χ0) is 24.7. The molecule has 7 nitrogen and oxygen atoms in total. The number of hydrogen-bond acceptors (Lipinski definition) is 6. The number of aryl methyl sites for hydroxylation is 1. The molecule has 4 heterocycles. The van der Waals surface area contributed by atoms with Gasteiger partial charge in [-0.25, -0.2) is 14.6 Å². The number of aromatic nitrogens is 4. The van der Waals surface area contributed by atoms with E-state index in [-0.39, 0.29) is 5.75 Å². The molecule has 7 heteroatoms. The van der Waals surface area contributed by atoms with Crippen molar-refractivity contribution in [3.63, 3.8) is 0 Å². The van der Waals surface area contributed by atoms with Crippen LogP contribution in [0.4, 0.5) is 5.82 Å². The fraction of sp³-hybridized carbons (Fsp3) is 0.320. The summed E-state index contributed by atoms with van der Waals surface area (Å²) in [6.45, 7) is 8.01. The fourth-order valence-corrected chi connectivity index (χ4v) is 4.13. The lowest BCUT2D eigenvalue weighted by molar-refractivity contribution is 0.312. The molecule has 0 radical (unpaired) electrons. The fourth-order valence-electron chi connectivity index (χ4n) is 4.13. The third-order valence-electron chi connectivity index (χ3n) is 6.27. The molecule has 0 N–H and O–H groups in total. The third kappa shape index (κ3) is 3.58. The summed E-state index contributed by atoms with van der Waals surface area (Å²) in [5.41, 5.74) is 5.95. The van der Waals surface area contributed by atoms with Gasteiger partial charge in [-0.3, -0.25) is 0 Å². The van der Waals surface area contributed by atoms with Gasteiger partial charge in [0, 0.05) is 44.0 Å². The van der Waals surface area contributed by atoms with E-state index in [0.717, 1.165) is 54.4 Å². The van der Waals surface area contributed by atoms with E-state index in [9.17, 15) is 0 Å². The molecule has 1 aliphatic rings. The Morgan fingerprint density at radius 3 is 2.59 bits per heavy atom. The Morgan fingerprint density at radius 2 is 1.84 bits per heavy atom. The van der Waals surface area contributed by atoms with Gasteiger partial charge in [-0.05, 0) is 50.2 Å². The monoisotopic (exact) mass is 431 g/mol. The summed E-state index contributed by atoms with van der Waals surface area (Å²) in [4.78, 5) is 13.9. The maximum Gasteiger partial charge on any atom is 0.139 e. The van der Waals surface area contributed by atoms with Crippen molar-refractivity contribution < 1.29 is 8.85 Å². The third-order valence-corrected chi connectivity index (χ3v) is 6.27. The molecule has 0 saturated carbocycles. The summed E-state index contributed by atoms with van der Waals surface area (Å²) in [5.74, 6) is 1.11. The zero-order valence-electron chi connectivity index (χ0n) is 21.5. The molecule has 3 aromatic heterocycles. The highest BCUT2D eigenvalue weighted by Gasteiger charge is 2.19. The minimum Gasteiger partial charge on any atom is -0.495 e. The second-order valence-electron chi connectivity index (χ2n) is 8.32. The Kier molecular flexibility index (Phi) is 4.41. The lowest BCUT2D eigenvalue weighted by Gasteiger charge is -2.33. The molecular weight excluding hydrogens is 400 g/mol. The summed E-state index contributed by atoms with van der Waals surface area (Å²) in [7, 11) is -0.432. The second-order valence-corrected chi connectivity index (χ2v) is 8.32. The molecule has 0 atom stereocenters. The summed E-state index contributed by atoms with van der Waals surface area (Å²) in [5, 5.41) is 4.92. The predicted octanol–water partition coefficient (Wildman–Crippen LogP) is 3.86. The van der Waals surface area contributed by atoms with Crippen LogP contribution in [0.3, 0.4) is 0 Å². The van der Waals surface area contributed by atoms with Crippen LogP contribution >= 0.6 is 0 Å². The standard InChI is InChI=1S/C25H28N6O/c1-17-6-5-7-21(18(17)2)31-22-14-20(32-4)16-27-25(22)24(28-31)19-8-9-23(26-15-19)30-12-10-29(3)11-13-30/h5-9,14-16H,10-13H2,1-4H3/i4D3. The number of nitrogens with zero attached hydrogens (tertiary/aromatic N) is 6. The van der Waals surface area contributed by atoms with Gasteiger partial charge in [0.05, 0.1) is 28.6 Å². The van der Waals surface area contributed by atoms with E-state index in [0.29, 0.717) is 16.7 Å². The number of piperazine rings is 1. The van der Waals surface area contributed by atoms with Crippen LogP contribution in [0.25, 0.3) is 28.0 Å². The van der Waals surface area contributed by atoms with Crippen LogP contribution in [-0.2, 0) is 0 Å². The predicted molar refractivity (Wildman–Crippen MR) is 128 cm³/mol. The van der Waals surface area contributed by atoms with Gasteiger partial charge in [-0.2, -0.15) is 5.10 Å². The first-order valence-electron chi connectivity index (χ1n) is 12.2. The van der Waals surface area contributed by atoms with Crippen molar-refractivity contribution in [2.45, 2.75) is 13.8 Å². The van der Waals surface area contributed by atoms with E-state index in [1.165, 1.54) is 6.20 Å². The molecule has 1 aromatic carbocycles. The molecule has 1 aliphatic heterocycles. The average molecular weight is 432 g/mol. The first-order valence-corrected chi connectivity index (χ1v) is 10.7. The molecule has 1 fully saturated rings. The van der Waals surface area contributed by atoms with E-state index in [1.54, 1.807) is 10.7 Å². The van der Waals surface area contributed by atoms with Crippen molar-refractivity contribution in [2.24, 2.45) is 0 Å². The van der Waals surface area contributed by atoms with Crippen LogP contribution < -0.4 is 9.64 Å². The minimum atomic E-state index is -2.56. The first kappa shape index (κ1) is 17.1. The van der Waals surface area contributed by atoms with Crippen molar-refractivity contribution in [1.29, 1.82) is 0 Å². The highest BCUT2D eigenvalue weighted by Crippen LogP contribution is 2.32. The van der Waals surface area contributed by atoms with Gasteiger partial charge in [0.25, 0.3) is 0 Å². The maximum atomic E-state index is 7.46. The zero-order valence-corrected chi connectivity index (χ0v) is 18.5. The Hall–Kier alpha value is -3.45. The highest BCUT2D eigenvalue weighted by atomic mass is 16.5. The van der Waals surface area contributed by atoms with E-state index < -0.39 is 7.04 Å². The largest absolute Gasteiger partial charge is 0.495 e. The SMILES string of the molecule is [2H]C([2H])([2H])Oc1cnc2c(-c3ccc(N4CCN(C)CC4)nc3)nn(-c3cccc(C)c3C)c2c1. The molecule has 164 valence electrons. The van der Waals surface area contributed by atoms with Crippen LogP contribution in [0, 0.1) is 13.8 Å². The van der Waals surface area contributed by atoms with Gasteiger partial charge in [0.2, 0.25) is 0 Å². The lowest BCUT2D eigenvalue weighted by atomic mass is 10.1. The van der Waals surface area contributed by atoms with Gasteiger partial charge in [-0.15, -0.1) is 0 Å². The van der Waals surface area contributed by atoms with E-state index >= 15 is 0 Å². The lowest BCUT2D eigenvalue weighted by Crippen LogP contribution is -2.44. The van der Waals surface area contributed by atoms with Crippen LogP contribution in [0.5, 0.6) is 5.75 Å². The number of likely N-dealkylation sites (N-methyl/N-ethyl adjacent to an activating group) is 1. The van der Waals surface area contributed by atoms with E-state index in [4.69, 9.17) is 18.9 Å².